The molecule has 0 unspecified atom stereocenters. The van der Waals surface area contributed by atoms with E-state index in [1.54, 1.807) is 16.7 Å². The number of hydrogen-bond donors (Lipinski definition) is 0. The lowest BCUT2D eigenvalue weighted by molar-refractivity contribution is 0.753. The third-order valence-corrected chi connectivity index (χ3v) is 3.16. The molecule has 0 spiro atoms. The van der Waals surface area contributed by atoms with Crippen LogP contribution in [0.3, 0.4) is 0 Å². The van der Waals surface area contributed by atoms with Gasteiger partial charge in [-0.2, -0.15) is 0 Å². The molecule has 0 aromatic carbocycles. The molecule has 0 aliphatic heterocycles. The SMILES string of the molecule is CC(C)=C1CCC/C1=C(/C)C(C)C. The van der Waals surface area contributed by atoms with Gasteiger partial charge < -0.3 is 0 Å². The Kier molecular flexibility index (Phi) is 3.35. The van der Waals surface area contributed by atoms with Gasteiger partial charge in [-0.1, -0.05) is 25.0 Å². The first kappa shape index (κ1) is 10.6. The Balaban J connectivity index is 3.05. The second kappa shape index (κ2) is 4.13. The summed E-state index contributed by atoms with van der Waals surface area (Å²) in [7, 11) is 0. The van der Waals surface area contributed by atoms with Gasteiger partial charge in [0.25, 0.3) is 0 Å². The Labute approximate surface area is 82.7 Å². The molecule has 0 N–H and O–H groups in total. The molecule has 0 amide bonds. The lowest BCUT2D eigenvalue weighted by atomic mass is 9.94. The second-order valence-electron chi connectivity index (χ2n) is 4.65. The third kappa shape index (κ3) is 2.24. The molecule has 0 atom stereocenters. The average molecular weight is 178 g/mol. The van der Waals surface area contributed by atoms with Crippen molar-refractivity contribution in [3.63, 3.8) is 0 Å². The van der Waals surface area contributed by atoms with E-state index in [1.807, 2.05) is 0 Å². The van der Waals surface area contributed by atoms with Gasteiger partial charge in [0, 0.05) is 0 Å². The molecule has 13 heavy (non-hydrogen) atoms. The predicted molar refractivity (Wildman–Crippen MR) is 59.8 cm³/mol. The molecule has 0 nitrogen and oxygen atoms in total. The zero-order chi connectivity index (χ0) is 10.0. The standard InChI is InChI=1S/C13H22/c1-9(2)11(5)13-8-6-7-12(13)10(3)4/h9H,6-8H2,1-5H3/b13-11+. The lowest BCUT2D eigenvalue weighted by Crippen LogP contribution is -1.95. The lowest BCUT2D eigenvalue weighted by Gasteiger charge is -2.12. The highest BCUT2D eigenvalue weighted by molar-refractivity contribution is 5.41. The highest BCUT2D eigenvalue weighted by Gasteiger charge is 2.17. The van der Waals surface area contributed by atoms with E-state index in [0.29, 0.717) is 5.92 Å². The molecule has 0 heterocycles. The summed E-state index contributed by atoms with van der Waals surface area (Å²) in [6, 6.07) is 0. The summed E-state index contributed by atoms with van der Waals surface area (Å²) in [6.07, 6.45) is 3.98. The van der Waals surface area contributed by atoms with Gasteiger partial charge in [-0.15, -0.1) is 0 Å². The van der Waals surface area contributed by atoms with E-state index in [1.165, 1.54) is 24.8 Å². The molecule has 0 saturated heterocycles. The Hall–Kier alpha value is -0.520. The molecule has 1 saturated carbocycles. The molecular formula is C13H22. The molecule has 0 aromatic heterocycles. The van der Waals surface area contributed by atoms with E-state index in [9.17, 15) is 0 Å². The Morgan fingerprint density at radius 2 is 1.54 bits per heavy atom. The topological polar surface area (TPSA) is 0 Å². The zero-order valence-electron chi connectivity index (χ0n) is 9.70. The summed E-state index contributed by atoms with van der Waals surface area (Å²) < 4.78 is 0. The van der Waals surface area contributed by atoms with Crippen molar-refractivity contribution >= 4 is 0 Å². The van der Waals surface area contributed by atoms with E-state index in [-0.39, 0.29) is 0 Å². The van der Waals surface area contributed by atoms with E-state index in [4.69, 9.17) is 0 Å². The zero-order valence-corrected chi connectivity index (χ0v) is 9.70. The minimum Gasteiger partial charge on any atom is -0.0730 e. The highest BCUT2D eigenvalue weighted by Crippen LogP contribution is 2.36. The van der Waals surface area contributed by atoms with Crippen molar-refractivity contribution in [2.75, 3.05) is 0 Å². The first-order valence-corrected chi connectivity index (χ1v) is 5.40. The predicted octanol–water partition coefficient (Wildman–Crippen LogP) is 4.48. The van der Waals surface area contributed by atoms with Gasteiger partial charge in [0.05, 0.1) is 0 Å². The first-order valence-electron chi connectivity index (χ1n) is 5.40. The van der Waals surface area contributed by atoms with Crippen LogP contribution in [0.25, 0.3) is 0 Å². The van der Waals surface area contributed by atoms with Crippen molar-refractivity contribution in [1.29, 1.82) is 0 Å². The van der Waals surface area contributed by atoms with Crippen molar-refractivity contribution in [3.05, 3.63) is 22.3 Å². The maximum atomic E-state index is 2.30. The highest BCUT2D eigenvalue weighted by atomic mass is 14.2. The summed E-state index contributed by atoms with van der Waals surface area (Å²) in [5, 5.41) is 0. The maximum absolute atomic E-state index is 2.30. The minimum absolute atomic E-state index is 0.711. The van der Waals surface area contributed by atoms with Crippen LogP contribution in [-0.4, -0.2) is 0 Å². The summed E-state index contributed by atoms with van der Waals surface area (Å²) in [6.45, 7) is 11.4. The van der Waals surface area contributed by atoms with Gasteiger partial charge in [0.1, 0.15) is 0 Å². The van der Waals surface area contributed by atoms with Crippen LogP contribution >= 0.6 is 0 Å². The molecule has 0 heteroatoms. The van der Waals surface area contributed by atoms with Gasteiger partial charge in [-0.05, 0) is 57.1 Å². The van der Waals surface area contributed by atoms with Gasteiger partial charge in [-0.3, -0.25) is 0 Å². The van der Waals surface area contributed by atoms with E-state index in [0.717, 1.165) is 0 Å². The van der Waals surface area contributed by atoms with Crippen molar-refractivity contribution in [2.45, 2.75) is 53.9 Å². The van der Waals surface area contributed by atoms with E-state index < -0.39 is 0 Å². The van der Waals surface area contributed by atoms with Gasteiger partial charge in [0.2, 0.25) is 0 Å². The third-order valence-electron chi connectivity index (χ3n) is 3.16. The fraction of sp³-hybridized carbons (Fsp3) is 0.692. The van der Waals surface area contributed by atoms with E-state index >= 15 is 0 Å². The van der Waals surface area contributed by atoms with Crippen LogP contribution in [0, 0.1) is 5.92 Å². The van der Waals surface area contributed by atoms with Crippen LogP contribution < -0.4 is 0 Å². The Bertz CT molecular complexity index is 247. The summed E-state index contributed by atoms with van der Waals surface area (Å²) >= 11 is 0. The second-order valence-corrected chi connectivity index (χ2v) is 4.65. The van der Waals surface area contributed by atoms with Crippen LogP contribution in [0.1, 0.15) is 53.9 Å². The van der Waals surface area contributed by atoms with Gasteiger partial charge in [0.15, 0.2) is 0 Å². The maximum Gasteiger partial charge on any atom is -0.0257 e. The van der Waals surface area contributed by atoms with Crippen molar-refractivity contribution in [3.8, 4) is 0 Å². The molecule has 1 aliphatic carbocycles. The van der Waals surface area contributed by atoms with Gasteiger partial charge in [-0.25, -0.2) is 0 Å². The number of allylic oxidation sites excluding steroid dienone is 4. The number of rotatable bonds is 1. The normalized spacial score (nSPS) is 21.2. The monoisotopic (exact) mass is 178 g/mol. The van der Waals surface area contributed by atoms with Crippen LogP contribution in [0.2, 0.25) is 0 Å². The average Bonchev–Trinajstić information content (AvgIpc) is 2.50. The summed E-state index contributed by atoms with van der Waals surface area (Å²) in [5.74, 6) is 0.711. The quantitative estimate of drug-likeness (QED) is 0.555. The van der Waals surface area contributed by atoms with Crippen molar-refractivity contribution in [2.24, 2.45) is 5.92 Å². The fourth-order valence-corrected chi connectivity index (χ4v) is 2.08. The van der Waals surface area contributed by atoms with Crippen molar-refractivity contribution < 1.29 is 0 Å². The van der Waals surface area contributed by atoms with Crippen LogP contribution in [0.5, 0.6) is 0 Å². The molecular weight excluding hydrogens is 156 g/mol. The molecule has 0 aromatic rings. The summed E-state index contributed by atoms with van der Waals surface area (Å²) in [5.41, 5.74) is 6.43. The number of hydrogen-bond acceptors (Lipinski definition) is 0. The van der Waals surface area contributed by atoms with Gasteiger partial charge >= 0.3 is 0 Å². The molecule has 0 bridgehead atoms. The molecule has 1 fully saturated rings. The minimum atomic E-state index is 0.711. The summed E-state index contributed by atoms with van der Waals surface area (Å²) in [4.78, 5) is 0. The Morgan fingerprint density at radius 3 is 2.00 bits per heavy atom. The molecule has 0 radical (unpaired) electrons. The first-order chi connectivity index (χ1) is 6.04. The fourth-order valence-electron chi connectivity index (χ4n) is 2.08. The van der Waals surface area contributed by atoms with Crippen LogP contribution in [0.4, 0.5) is 0 Å². The van der Waals surface area contributed by atoms with Crippen LogP contribution in [-0.2, 0) is 0 Å². The smallest absolute Gasteiger partial charge is 0.0257 e. The largest absolute Gasteiger partial charge is 0.0730 e. The molecule has 1 aliphatic rings. The molecule has 74 valence electrons. The Morgan fingerprint density at radius 1 is 1.00 bits per heavy atom. The van der Waals surface area contributed by atoms with Crippen LogP contribution in [0.15, 0.2) is 22.3 Å². The van der Waals surface area contributed by atoms with E-state index in [2.05, 4.69) is 34.6 Å². The molecule has 1 rings (SSSR count). The van der Waals surface area contributed by atoms with Crippen molar-refractivity contribution in [1.82, 2.24) is 0 Å².